The normalized spacial score (nSPS) is 21.5. The summed E-state index contributed by atoms with van der Waals surface area (Å²) in [4.78, 5) is 4.78. The lowest BCUT2D eigenvalue weighted by Gasteiger charge is -2.42. The van der Waals surface area contributed by atoms with E-state index in [-0.39, 0.29) is 5.60 Å². The molecular formula is C15H26N2OS. The zero-order valence-corrected chi connectivity index (χ0v) is 13.2. The van der Waals surface area contributed by atoms with Crippen LogP contribution >= 0.6 is 11.3 Å². The third kappa shape index (κ3) is 3.36. The monoisotopic (exact) mass is 282 g/mol. The minimum atomic E-state index is -0.137. The molecule has 0 unspecified atom stereocenters. The zero-order valence-electron chi connectivity index (χ0n) is 12.4. The Kier molecular flexibility index (Phi) is 4.64. The van der Waals surface area contributed by atoms with Crippen LogP contribution in [0.25, 0.3) is 0 Å². The molecule has 0 radical (unpaired) electrons. The molecule has 1 aromatic rings. The number of hydrogen-bond donors (Lipinski definition) is 1. The molecule has 4 heteroatoms. The lowest BCUT2D eigenvalue weighted by molar-refractivity contribution is -0.0891. The molecule has 1 aliphatic rings. The van der Waals surface area contributed by atoms with E-state index in [4.69, 9.17) is 15.5 Å². The molecule has 0 bridgehead atoms. The van der Waals surface area contributed by atoms with Crippen LogP contribution in [0.15, 0.2) is 5.38 Å². The summed E-state index contributed by atoms with van der Waals surface area (Å²) in [5.41, 5.74) is 7.03. The van der Waals surface area contributed by atoms with Crippen LogP contribution in [0.4, 0.5) is 0 Å². The lowest BCUT2D eigenvalue weighted by atomic mass is 9.71. The predicted molar refractivity (Wildman–Crippen MR) is 80.4 cm³/mol. The van der Waals surface area contributed by atoms with Crippen molar-refractivity contribution in [2.45, 2.75) is 58.5 Å². The van der Waals surface area contributed by atoms with Crippen LogP contribution in [0.2, 0.25) is 0 Å². The number of thiazole rings is 1. The second-order valence-corrected chi connectivity index (χ2v) is 7.13. The van der Waals surface area contributed by atoms with Crippen LogP contribution in [-0.2, 0) is 16.8 Å². The van der Waals surface area contributed by atoms with Gasteiger partial charge in [-0.15, -0.1) is 11.3 Å². The maximum absolute atomic E-state index is 6.16. The summed E-state index contributed by atoms with van der Waals surface area (Å²) in [5.74, 6) is 0. The summed E-state index contributed by atoms with van der Waals surface area (Å²) in [5, 5.41) is 3.30. The Morgan fingerprint density at radius 2 is 2.00 bits per heavy atom. The highest BCUT2D eigenvalue weighted by Gasteiger charge is 2.42. The van der Waals surface area contributed by atoms with Gasteiger partial charge in [0.25, 0.3) is 0 Å². The molecule has 0 aliphatic heterocycles. The Morgan fingerprint density at radius 1 is 1.32 bits per heavy atom. The van der Waals surface area contributed by atoms with Gasteiger partial charge in [-0.1, -0.05) is 13.8 Å². The fraction of sp³-hybridized carbons (Fsp3) is 0.800. The van der Waals surface area contributed by atoms with Crippen molar-refractivity contribution in [2.75, 3.05) is 13.2 Å². The lowest BCUT2D eigenvalue weighted by Crippen LogP contribution is -2.37. The van der Waals surface area contributed by atoms with Crippen molar-refractivity contribution < 1.29 is 4.74 Å². The summed E-state index contributed by atoms with van der Waals surface area (Å²) < 4.78 is 6.16. The topological polar surface area (TPSA) is 48.1 Å². The van der Waals surface area contributed by atoms with E-state index >= 15 is 0 Å². The summed E-state index contributed by atoms with van der Waals surface area (Å²) >= 11 is 1.74. The fourth-order valence-corrected chi connectivity index (χ4v) is 3.87. The Labute approximate surface area is 120 Å². The highest BCUT2D eigenvalue weighted by Crippen LogP contribution is 2.48. The molecule has 0 atom stereocenters. The summed E-state index contributed by atoms with van der Waals surface area (Å²) in [6, 6.07) is 0. The van der Waals surface area contributed by atoms with Gasteiger partial charge in [-0.2, -0.15) is 0 Å². The van der Waals surface area contributed by atoms with Crippen molar-refractivity contribution in [3.05, 3.63) is 16.1 Å². The molecular weight excluding hydrogens is 256 g/mol. The number of ether oxygens (including phenoxy) is 1. The van der Waals surface area contributed by atoms with Crippen LogP contribution in [0.1, 0.15) is 57.2 Å². The SMILES string of the molecule is CCOC1(c2nc(CCN)cs2)CCC(C)(C)CC1. The smallest absolute Gasteiger partial charge is 0.125 e. The van der Waals surface area contributed by atoms with Crippen LogP contribution in [0.5, 0.6) is 0 Å². The molecule has 1 aliphatic carbocycles. The van der Waals surface area contributed by atoms with E-state index in [2.05, 4.69) is 26.2 Å². The van der Waals surface area contributed by atoms with Gasteiger partial charge in [0.2, 0.25) is 0 Å². The minimum Gasteiger partial charge on any atom is -0.368 e. The number of rotatable bonds is 5. The second-order valence-electron chi connectivity index (χ2n) is 6.27. The molecule has 1 fully saturated rings. The highest BCUT2D eigenvalue weighted by molar-refractivity contribution is 7.09. The molecule has 19 heavy (non-hydrogen) atoms. The van der Waals surface area contributed by atoms with E-state index in [0.29, 0.717) is 12.0 Å². The first kappa shape index (κ1) is 14.9. The standard InChI is InChI=1S/C15H26N2OS/c1-4-18-15(8-6-14(2,3)7-9-15)13-17-12(5-10-16)11-19-13/h11H,4-10,16H2,1-3H3. The van der Waals surface area contributed by atoms with Crippen LogP contribution in [-0.4, -0.2) is 18.1 Å². The Morgan fingerprint density at radius 3 is 2.58 bits per heavy atom. The Hall–Kier alpha value is -0.450. The van der Waals surface area contributed by atoms with Crippen LogP contribution < -0.4 is 5.73 Å². The number of nitrogens with two attached hydrogens (primary N) is 1. The van der Waals surface area contributed by atoms with Crippen molar-refractivity contribution in [1.82, 2.24) is 4.98 Å². The van der Waals surface area contributed by atoms with E-state index in [0.717, 1.165) is 36.6 Å². The molecule has 0 spiro atoms. The molecule has 0 saturated heterocycles. The zero-order chi connectivity index (χ0) is 13.9. The first-order valence-electron chi connectivity index (χ1n) is 7.30. The predicted octanol–water partition coefficient (Wildman–Crippen LogP) is 3.48. The van der Waals surface area contributed by atoms with Crippen molar-refractivity contribution in [3.63, 3.8) is 0 Å². The van der Waals surface area contributed by atoms with E-state index in [9.17, 15) is 0 Å². The molecule has 1 aromatic heterocycles. The fourth-order valence-electron chi connectivity index (χ4n) is 2.81. The van der Waals surface area contributed by atoms with Gasteiger partial charge in [0.1, 0.15) is 10.6 Å². The average molecular weight is 282 g/mol. The Balaban J connectivity index is 2.19. The number of hydrogen-bond acceptors (Lipinski definition) is 4. The van der Waals surface area contributed by atoms with Gasteiger partial charge in [0, 0.05) is 18.4 Å². The molecule has 0 aromatic carbocycles. The maximum Gasteiger partial charge on any atom is 0.125 e. The van der Waals surface area contributed by atoms with Gasteiger partial charge in [0.15, 0.2) is 0 Å². The third-order valence-corrected chi connectivity index (χ3v) is 5.25. The van der Waals surface area contributed by atoms with E-state index < -0.39 is 0 Å². The number of nitrogens with zero attached hydrogens (tertiary/aromatic N) is 1. The molecule has 3 nitrogen and oxygen atoms in total. The second kappa shape index (κ2) is 5.90. The third-order valence-electron chi connectivity index (χ3n) is 4.17. The van der Waals surface area contributed by atoms with Crippen molar-refractivity contribution in [1.29, 1.82) is 0 Å². The summed E-state index contributed by atoms with van der Waals surface area (Å²) in [7, 11) is 0. The first-order valence-corrected chi connectivity index (χ1v) is 8.18. The van der Waals surface area contributed by atoms with Crippen LogP contribution in [0.3, 0.4) is 0 Å². The molecule has 2 rings (SSSR count). The molecule has 1 saturated carbocycles. The van der Waals surface area contributed by atoms with Crippen molar-refractivity contribution in [3.8, 4) is 0 Å². The van der Waals surface area contributed by atoms with Gasteiger partial charge in [-0.3, -0.25) is 0 Å². The minimum absolute atomic E-state index is 0.137. The summed E-state index contributed by atoms with van der Waals surface area (Å²) in [6.07, 6.45) is 5.45. The maximum atomic E-state index is 6.16. The Bertz CT molecular complexity index is 404. The average Bonchev–Trinajstić information content (AvgIpc) is 2.82. The highest BCUT2D eigenvalue weighted by atomic mass is 32.1. The van der Waals surface area contributed by atoms with Crippen molar-refractivity contribution in [2.24, 2.45) is 11.1 Å². The van der Waals surface area contributed by atoms with Gasteiger partial charge in [-0.05, 0) is 44.6 Å². The van der Waals surface area contributed by atoms with Gasteiger partial charge < -0.3 is 10.5 Å². The largest absolute Gasteiger partial charge is 0.368 e. The van der Waals surface area contributed by atoms with Gasteiger partial charge in [0.05, 0.1) is 5.69 Å². The van der Waals surface area contributed by atoms with Crippen LogP contribution in [0, 0.1) is 5.41 Å². The first-order chi connectivity index (χ1) is 9.01. The quantitative estimate of drug-likeness (QED) is 0.899. The van der Waals surface area contributed by atoms with Gasteiger partial charge in [-0.25, -0.2) is 4.98 Å². The van der Waals surface area contributed by atoms with E-state index in [1.807, 2.05) is 0 Å². The molecule has 0 amide bonds. The van der Waals surface area contributed by atoms with E-state index in [1.165, 1.54) is 12.8 Å². The van der Waals surface area contributed by atoms with E-state index in [1.54, 1.807) is 11.3 Å². The van der Waals surface area contributed by atoms with Gasteiger partial charge >= 0.3 is 0 Å². The molecule has 2 N–H and O–H groups in total. The molecule has 108 valence electrons. The number of aromatic nitrogens is 1. The summed E-state index contributed by atoms with van der Waals surface area (Å²) in [6.45, 7) is 8.20. The van der Waals surface area contributed by atoms with Crippen molar-refractivity contribution >= 4 is 11.3 Å². The molecule has 1 heterocycles.